The van der Waals surface area contributed by atoms with Gasteiger partial charge in [0.25, 0.3) is 0 Å². The van der Waals surface area contributed by atoms with Gasteiger partial charge < -0.3 is 18.9 Å². The first kappa shape index (κ1) is 22.9. The standard InChI is InChI=1S/C20H36O6/c1-15(2)24-13-17-9-11-18(12-10-17)14-25-16(3)26-20(22)8-6-5-7-19(21)23-4/h15-18H,5-14H2,1-4H3. The van der Waals surface area contributed by atoms with E-state index < -0.39 is 6.29 Å². The third kappa shape index (κ3) is 10.8. The minimum absolute atomic E-state index is 0.249. The maximum absolute atomic E-state index is 11.8. The van der Waals surface area contributed by atoms with Crippen LogP contribution in [0.1, 0.15) is 72.1 Å². The van der Waals surface area contributed by atoms with Gasteiger partial charge in [-0.25, -0.2) is 0 Å². The number of carbonyl (C=O) groups excluding carboxylic acids is 2. The minimum Gasteiger partial charge on any atom is -0.469 e. The number of rotatable bonds is 12. The average molecular weight is 373 g/mol. The molecule has 0 amide bonds. The molecule has 6 nitrogen and oxygen atoms in total. The van der Waals surface area contributed by atoms with Gasteiger partial charge in [0.05, 0.1) is 19.8 Å². The molecule has 1 aliphatic carbocycles. The molecule has 0 N–H and O–H groups in total. The van der Waals surface area contributed by atoms with Crippen molar-refractivity contribution in [3.8, 4) is 0 Å². The third-order valence-corrected chi connectivity index (χ3v) is 4.74. The largest absolute Gasteiger partial charge is 0.469 e. The Morgan fingerprint density at radius 2 is 1.35 bits per heavy atom. The summed E-state index contributed by atoms with van der Waals surface area (Å²) in [6.45, 7) is 7.39. The Morgan fingerprint density at radius 3 is 1.85 bits per heavy atom. The molecular weight excluding hydrogens is 336 g/mol. The fourth-order valence-electron chi connectivity index (χ4n) is 3.08. The molecule has 1 atom stereocenters. The van der Waals surface area contributed by atoms with Gasteiger partial charge in [-0.2, -0.15) is 0 Å². The first-order valence-electron chi connectivity index (χ1n) is 9.90. The zero-order valence-electron chi connectivity index (χ0n) is 16.8. The lowest BCUT2D eigenvalue weighted by Gasteiger charge is -2.29. The molecule has 1 unspecified atom stereocenters. The van der Waals surface area contributed by atoms with Gasteiger partial charge in [-0.3, -0.25) is 9.59 Å². The topological polar surface area (TPSA) is 71.1 Å². The van der Waals surface area contributed by atoms with Crippen LogP contribution in [0.5, 0.6) is 0 Å². The lowest BCUT2D eigenvalue weighted by molar-refractivity contribution is -0.178. The van der Waals surface area contributed by atoms with E-state index in [0.29, 0.717) is 50.2 Å². The van der Waals surface area contributed by atoms with Gasteiger partial charge in [0.1, 0.15) is 0 Å². The zero-order valence-corrected chi connectivity index (χ0v) is 16.8. The van der Waals surface area contributed by atoms with E-state index in [1.165, 1.54) is 20.0 Å². The number of methoxy groups -OCH3 is 1. The summed E-state index contributed by atoms with van der Waals surface area (Å²) >= 11 is 0. The second-order valence-corrected chi connectivity index (χ2v) is 7.44. The van der Waals surface area contributed by atoms with E-state index in [-0.39, 0.29) is 11.9 Å². The molecule has 0 aliphatic heterocycles. The summed E-state index contributed by atoms with van der Waals surface area (Å²) in [5.74, 6) is 0.665. The van der Waals surface area contributed by atoms with Crippen molar-refractivity contribution in [2.24, 2.45) is 11.8 Å². The second-order valence-electron chi connectivity index (χ2n) is 7.44. The van der Waals surface area contributed by atoms with Gasteiger partial charge in [0.2, 0.25) is 0 Å². The Hall–Kier alpha value is -1.14. The summed E-state index contributed by atoms with van der Waals surface area (Å²) in [6, 6.07) is 0. The highest BCUT2D eigenvalue weighted by Gasteiger charge is 2.22. The number of hydrogen-bond acceptors (Lipinski definition) is 6. The summed E-state index contributed by atoms with van der Waals surface area (Å²) < 4.78 is 21.2. The van der Waals surface area contributed by atoms with Crippen molar-refractivity contribution in [2.45, 2.75) is 84.5 Å². The summed E-state index contributed by atoms with van der Waals surface area (Å²) in [5, 5.41) is 0. The molecule has 26 heavy (non-hydrogen) atoms. The maximum Gasteiger partial charge on any atom is 0.308 e. The highest BCUT2D eigenvalue weighted by Crippen LogP contribution is 2.29. The zero-order chi connectivity index (χ0) is 19.4. The van der Waals surface area contributed by atoms with E-state index in [1.54, 1.807) is 6.92 Å². The van der Waals surface area contributed by atoms with Crippen molar-refractivity contribution in [2.75, 3.05) is 20.3 Å². The van der Waals surface area contributed by atoms with E-state index >= 15 is 0 Å². The van der Waals surface area contributed by atoms with Crippen molar-refractivity contribution in [3.05, 3.63) is 0 Å². The summed E-state index contributed by atoms with van der Waals surface area (Å²) in [6.07, 6.45) is 6.28. The van der Waals surface area contributed by atoms with Gasteiger partial charge in [0, 0.05) is 19.4 Å². The second kappa shape index (κ2) is 13.1. The number of ether oxygens (including phenoxy) is 4. The van der Waals surface area contributed by atoms with Gasteiger partial charge >= 0.3 is 11.9 Å². The molecule has 0 aromatic carbocycles. The van der Waals surface area contributed by atoms with Crippen LogP contribution in [-0.2, 0) is 28.5 Å². The van der Waals surface area contributed by atoms with Crippen LogP contribution in [0.4, 0.5) is 0 Å². The van der Waals surface area contributed by atoms with Crippen LogP contribution >= 0.6 is 0 Å². The minimum atomic E-state index is -0.523. The maximum atomic E-state index is 11.8. The molecule has 0 radical (unpaired) electrons. The Morgan fingerprint density at radius 1 is 0.846 bits per heavy atom. The van der Waals surface area contributed by atoms with Crippen LogP contribution in [0.2, 0.25) is 0 Å². The fraction of sp³-hybridized carbons (Fsp3) is 0.900. The van der Waals surface area contributed by atoms with E-state index in [0.717, 1.165) is 19.4 Å². The van der Waals surface area contributed by atoms with Gasteiger partial charge in [-0.05, 0) is 71.1 Å². The summed E-state index contributed by atoms with van der Waals surface area (Å²) in [5.41, 5.74) is 0. The highest BCUT2D eigenvalue weighted by molar-refractivity contribution is 5.70. The first-order valence-corrected chi connectivity index (χ1v) is 9.90. The quantitative estimate of drug-likeness (QED) is 0.294. The number of unbranched alkanes of at least 4 members (excludes halogenated alkanes) is 1. The van der Waals surface area contributed by atoms with Crippen molar-refractivity contribution in [1.29, 1.82) is 0 Å². The number of hydrogen-bond donors (Lipinski definition) is 0. The predicted octanol–water partition coefficient (Wildman–Crippen LogP) is 3.86. The van der Waals surface area contributed by atoms with Crippen LogP contribution in [0.3, 0.4) is 0 Å². The molecule has 1 fully saturated rings. The molecule has 0 bridgehead atoms. The molecule has 0 aromatic rings. The predicted molar refractivity (Wildman–Crippen MR) is 98.5 cm³/mol. The normalized spacial score (nSPS) is 21.4. The average Bonchev–Trinajstić information content (AvgIpc) is 2.62. The lowest BCUT2D eigenvalue weighted by atomic mass is 9.83. The number of esters is 2. The third-order valence-electron chi connectivity index (χ3n) is 4.74. The van der Waals surface area contributed by atoms with Gasteiger partial charge in [-0.15, -0.1) is 0 Å². The van der Waals surface area contributed by atoms with E-state index in [1.807, 2.05) is 0 Å². The SMILES string of the molecule is COC(=O)CCCCC(=O)OC(C)OCC1CCC(COC(C)C)CC1. The fourth-order valence-corrected chi connectivity index (χ4v) is 3.08. The monoisotopic (exact) mass is 372 g/mol. The Labute approximate surface area is 157 Å². The molecule has 0 saturated heterocycles. The molecule has 0 spiro atoms. The Balaban J connectivity index is 2.06. The Kier molecular flexibility index (Phi) is 11.5. The van der Waals surface area contributed by atoms with Crippen LogP contribution in [0, 0.1) is 11.8 Å². The van der Waals surface area contributed by atoms with Gasteiger partial charge in [0.15, 0.2) is 6.29 Å². The van der Waals surface area contributed by atoms with Gasteiger partial charge in [-0.1, -0.05) is 0 Å². The van der Waals surface area contributed by atoms with Crippen molar-refractivity contribution in [3.63, 3.8) is 0 Å². The van der Waals surface area contributed by atoms with E-state index in [4.69, 9.17) is 14.2 Å². The molecule has 0 aromatic heterocycles. The molecule has 6 heteroatoms. The molecule has 1 saturated carbocycles. The molecule has 1 aliphatic rings. The smallest absolute Gasteiger partial charge is 0.308 e. The molecular formula is C20H36O6. The van der Waals surface area contributed by atoms with E-state index in [2.05, 4.69) is 18.6 Å². The van der Waals surface area contributed by atoms with Crippen molar-refractivity contribution in [1.82, 2.24) is 0 Å². The van der Waals surface area contributed by atoms with Crippen LogP contribution in [-0.4, -0.2) is 44.7 Å². The summed E-state index contributed by atoms with van der Waals surface area (Å²) in [7, 11) is 1.36. The van der Waals surface area contributed by atoms with Crippen LogP contribution < -0.4 is 0 Å². The molecule has 152 valence electrons. The van der Waals surface area contributed by atoms with Crippen molar-refractivity contribution >= 4 is 11.9 Å². The van der Waals surface area contributed by atoms with Crippen LogP contribution in [0.15, 0.2) is 0 Å². The van der Waals surface area contributed by atoms with Crippen LogP contribution in [0.25, 0.3) is 0 Å². The highest BCUT2D eigenvalue weighted by atomic mass is 16.7. The van der Waals surface area contributed by atoms with E-state index in [9.17, 15) is 9.59 Å². The first-order chi connectivity index (χ1) is 12.4. The Bertz CT molecular complexity index is 401. The molecule has 1 rings (SSSR count). The molecule has 0 heterocycles. The summed E-state index contributed by atoms with van der Waals surface area (Å²) in [4.78, 5) is 22.7. The number of carbonyl (C=O) groups is 2. The van der Waals surface area contributed by atoms with Crippen molar-refractivity contribution < 1.29 is 28.5 Å². The lowest BCUT2D eigenvalue weighted by Crippen LogP contribution is -2.26.